The minimum atomic E-state index is -2.35. The first-order valence-corrected chi connectivity index (χ1v) is 12.8. The minimum Gasteiger partial charge on any atom is -0.326 e. The van der Waals surface area contributed by atoms with E-state index in [0.717, 1.165) is 47.4 Å². The summed E-state index contributed by atoms with van der Waals surface area (Å²) < 4.78 is 21.6. The summed E-state index contributed by atoms with van der Waals surface area (Å²) in [6, 6.07) is 7.63. The van der Waals surface area contributed by atoms with Gasteiger partial charge >= 0.3 is 0 Å². The van der Waals surface area contributed by atoms with Gasteiger partial charge in [0.05, 0.1) is 34.9 Å². The van der Waals surface area contributed by atoms with Gasteiger partial charge in [-0.1, -0.05) is 11.6 Å². The van der Waals surface area contributed by atoms with Crippen LogP contribution in [0.3, 0.4) is 0 Å². The summed E-state index contributed by atoms with van der Waals surface area (Å²) in [6.45, 7) is 1.09. The number of hydrogen-bond donors (Lipinski definition) is 2. The van der Waals surface area contributed by atoms with Crippen LogP contribution in [0.2, 0.25) is 5.02 Å². The lowest BCUT2D eigenvalue weighted by Gasteiger charge is -2.47. The van der Waals surface area contributed by atoms with E-state index in [1.807, 2.05) is 29.2 Å². The molecule has 1 aliphatic carbocycles. The number of aryl methyl sites for hydroxylation is 1. The molecule has 1 spiro atoms. The Kier molecular flexibility index (Phi) is 4.21. The van der Waals surface area contributed by atoms with Gasteiger partial charge in [0.1, 0.15) is 5.82 Å². The van der Waals surface area contributed by atoms with E-state index < -0.39 is 10.6 Å². The molecular weight excluding hydrogens is 436 g/mol. The minimum absolute atomic E-state index is 0.139. The SMILES string of the molecule is O=C1N(Cc2nc3cc(Cl)ccc3n2CCC2CS(O)(O)C2)c2cnccc2C12CC2. The number of benzene rings is 1. The molecule has 2 aliphatic heterocycles. The Labute approximate surface area is 186 Å². The maximum absolute atomic E-state index is 13.3. The van der Waals surface area contributed by atoms with Gasteiger partial charge in [-0.15, -0.1) is 0 Å². The fourth-order valence-electron chi connectivity index (χ4n) is 5.10. The third-order valence-corrected chi connectivity index (χ3v) is 9.11. The van der Waals surface area contributed by atoms with E-state index in [4.69, 9.17) is 16.6 Å². The van der Waals surface area contributed by atoms with Gasteiger partial charge in [-0.05, 0) is 55.0 Å². The van der Waals surface area contributed by atoms with E-state index in [1.54, 1.807) is 12.4 Å². The molecule has 3 aromatic rings. The summed E-state index contributed by atoms with van der Waals surface area (Å²) in [5, 5.41) is 0.625. The Morgan fingerprint density at radius 2 is 2.03 bits per heavy atom. The van der Waals surface area contributed by atoms with Gasteiger partial charge in [0.2, 0.25) is 5.91 Å². The molecule has 31 heavy (non-hydrogen) atoms. The number of anilines is 1. The predicted molar refractivity (Wildman–Crippen MR) is 122 cm³/mol. The van der Waals surface area contributed by atoms with Crippen molar-refractivity contribution in [3.8, 4) is 0 Å². The number of imidazole rings is 1. The van der Waals surface area contributed by atoms with E-state index in [1.165, 1.54) is 0 Å². The first-order chi connectivity index (χ1) is 14.9. The number of pyridine rings is 1. The zero-order chi connectivity index (χ0) is 21.4. The highest BCUT2D eigenvalue weighted by Gasteiger charge is 2.59. The lowest BCUT2D eigenvalue weighted by Crippen LogP contribution is -2.34. The van der Waals surface area contributed by atoms with Crippen LogP contribution in [0.1, 0.15) is 30.7 Å². The monoisotopic (exact) mass is 458 g/mol. The second kappa shape index (κ2) is 6.68. The molecule has 1 saturated carbocycles. The highest BCUT2D eigenvalue weighted by molar-refractivity contribution is 8.25. The largest absolute Gasteiger partial charge is 0.326 e. The molecular formula is C22H23ClN4O3S. The molecule has 0 atom stereocenters. The Hall–Kier alpha value is -2.13. The number of fused-ring (bicyclic) bond motifs is 3. The molecule has 2 aromatic heterocycles. The normalized spacial score (nSPS) is 22.0. The van der Waals surface area contributed by atoms with Crippen molar-refractivity contribution in [2.75, 3.05) is 16.4 Å². The molecule has 1 saturated heterocycles. The van der Waals surface area contributed by atoms with Crippen LogP contribution in [0.25, 0.3) is 11.0 Å². The average Bonchev–Trinajstić information content (AvgIpc) is 3.41. The van der Waals surface area contributed by atoms with Crippen molar-refractivity contribution in [1.29, 1.82) is 0 Å². The molecule has 1 aromatic carbocycles. The number of rotatable bonds is 5. The molecule has 0 unspecified atom stereocenters. The van der Waals surface area contributed by atoms with E-state index in [-0.39, 0.29) is 11.3 Å². The van der Waals surface area contributed by atoms with Crippen LogP contribution < -0.4 is 4.90 Å². The van der Waals surface area contributed by atoms with Crippen LogP contribution in [0.15, 0.2) is 36.7 Å². The fourth-order valence-corrected chi connectivity index (χ4v) is 7.01. The third kappa shape index (κ3) is 3.08. The predicted octanol–water partition coefficient (Wildman–Crippen LogP) is 4.43. The Bertz CT molecular complexity index is 1210. The van der Waals surface area contributed by atoms with Crippen molar-refractivity contribution < 1.29 is 13.9 Å². The number of aromatic nitrogens is 3. The van der Waals surface area contributed by atoms with Crippen molar-refractivity contribution in [3.05, 3.63) is 53.1 Å². The van der Waals surface area contributed by atoms with Gasteiger partial charge in [0.15, 0.2) is 0 Å². The Morgan fingerprint density at radius 1 is 1.23 bits per heavy atom. The zero-order valence-corrected chi connectivity index (χ0v) is 18.4. The van der Waals surface area contributed by atoms with Crippen molar-refractivity contribution in [3.63, 3.8) is 0 Å². The molecule has 6 rings (SSSR count). The molecule has 9 heteroatoms. The van der Waals surface area contributed by atoms with E-state index in [2.05, 4.69) is 9.55 Å². The van der Waals surface area contributed by atoms with Crippen LogP contribution in [-0.2, 0) is 23.3 Å². The van der Waals surface area contributed by atoms with Crippen LogP contribution in [0.4, 0.5) is 5.69 Å². The molecule has 2 N–H and O–H groups in total. The van der Waals surface area contributed by atoms with Gasteiger partial charge in [-0.3, -0.25) is 18.9 Å². The molecule has 1 amide bonds. The first-order valence-electron chi connectivity index (χ1n) is 10.5. The quantitative estimate of drug-likeness (QED) is 0.590. The second-order valence-electron chi connectivity index (χ2n) is 8.97. The lowest BCUT2D eigenvalue weighted by atomic mass is 9.99. The Balaban J connectivity index is 1.34. The van der Waals surface area contributed by atoms with Crippen LogP contribution >= 0.6 is 22.2 Å². The van der Waals surface area contributed by atoms with Crippen molar-refractivity contribution in [2.24, 2.45) is 5.92 Å². The third-order valence-electron chi connectivity index (χ3n) is 6.87. The molecule has 162 valence electrons. The smallest absolute Gasteiger partial charge is 0.238 e. The fraction of sp³-hybridized carbons (Fsp3) is 0.409. The molecule has 7 nitrogen and oxygen atoms in total. The van der Waals surface area contributed by atoms with Crippen molar-refractivity contribution >= 4 is 44.8 Å². The van der Waals surface area contributed by atoms with Gasteiger partial charge in [-0.25, -0.2) is 4.98 Å². The summed E-state index contributed by atoms with van der Waals surface area (Å²) in [4.78, 5) is 24.2. The maximum Gasteiger partial charge on any atom is 0.238 e. The highest BCUT2D eigenvalue weighted by Crippen LogP contribution is 2.57. The number of carbonyl (C=O) groups excluding carboxylic acids is 1. The van der Waals surface area contributed by atoms with Crippen molar-refractivity contribution in [2.45, 2.75) is 37.8 Å². The summed E-state index contributed by atoms with van der Waals surface area (Å²) in [6.07, 6.45) is 6.16. The second-order valence-corrected chi connectivity index (χ2v) is 11.7. The summed E-state index contributed by atoms with van der Waals surface area (Å²) in [5.74, 6) is 2.21. The van der Waals surface area contributed by atoms with Gasteiger partial charge in [0, 0.05) is 29.3 Å². The van der Waals surface area contributed by atoms with Gasteiger partial charge in [-0.2, -0.15) is 10.6 Å². The average molecular weight is 459 g/mol. The highest BCUT2D eigenvalue weighted by atomic mass is 35.5. The summed E-state index contributed by atoms with van der Waals surface area (Å²) in [7, 11) is -2.35. The lowest BCUT2D eigenvalue weighted by molar-refractivity contribution is -0.120. The van der Waals surface area contributed by atoms with Crippen LogP contribution in [-0.4, -0.2) is 41.1 Å². The number of hydrogen-bond acceptors (Lipinski definition) is 5. The molecule has 4 heterocycles. The summed E-state index contributed by atoms with van der Waals surface area (Å²) in [5.41, 5.74) is 3.38. The molecule has 0 bridgehead atoms. The topological polar surface area (TPSA) is 91.5 Å². The number of halogens is 1. The van der Waals surface area contributed by atoms with Gasteiger partial charge in [0.25, 0.3) is 0 Å². The van der Waals surface area contributed by atoms with Crippen molar-refractivity contribution in [1.82, 2.24) is 14.5 Å². The number of nitrogens with zero attached hydrogens (tertiary/aromatic N) is 4. The van der Waals surface area contributed by atoms with Gasteiger partial charge < -0.3 is 9.47 Å². The van der Waals surface area contributed by atoms with Crippen LogP contribution in [0.5, 0.6) is 0 Å². The maximum atomic E-state index is 13.3. The van der Waals surface area contributed by atoms with E-state index >= 15 is 0 Å². The molecule has 0 radical (unpaired) electrons. The zero-order valence-electron chi connectivity index (χ0n) is 16.9. The van der Waals surface area contributed by atoms with E-state index in [9.17, 15) is 13.9 Å². The summed E-state index contributed by atoms with van der Waals surface area (Å²) >= 11 is 6.20. The first kappa shape index (κ1) is 19.5. The number of amides is 1. The molecule has 2 fully saturated rings. The molecule has 3 aliphatic rings. The Morgan fingerprint density at radius 3 is 2.77 bits per heavy atom. The standard InChI is InChI=1S/C22H23ClN4O3S/c23-15-1-2-18-17(9-15)25-20(26(18)8-4-14-12-31(29,30)13-14)11-27-19-10-24-7-3-16(19)22(5-6-22)21(27)28/h1-3,7,9-10,14,29-30H,4-6,8,11-13H2. The van der Waals surface area contributed by atoms with E-state index in [0.29, 0.717) is 35.5 Å². The number of carbonyl (C=O) groups is 1. The van der Waals surface area contributed by atoms with Crippen LogP contribution in [0, 0.1) is 5.92 Å².